The van der Waals surface area contributed by atoms with Crippen LogP contribution < -0.4 is 5.32 Å². The quantitative estimate of drug-likeness (QED) is 0.941. The number of carbonyl (C=O) groups is 1. The SMILES string of the molecule is O=C(NCc1cccc(Cl)c1)N1CCC(c2ccco2)C1. The normalized spacial score (nSPS) is 18.0. The van der Waals surface area contributed by atoms with Gasteiger partial charge in [-0.2, -0.15) is 0 Å². The van der Waals surface area contributed by atoms with Gasteiger partial charge in [-0.05, 0) is 36.2 Å². The second kappa shape index (κ2) is 6.22. The van der Waals surface area contributed by atoms with Crippen LogP contribution in [0.1, 0.15) is 23.7 Å². The first-order valence-corrected chi connectivity index (χ1v) is 7.41. The zero-order valence-electron chi connectivity index (χ0n) is 11.6. The zero-order valence-corrected chi connectivity index (χ0v) is 12.3. The van der Waals surface area contributed by atoms with E-state index in [-0.39, 0.29) is 6.03 Å². The molecule has 1 unspecified atom stereocenters. The predicted octanol–water partition coefficient (Wildman–Crippen LogP) is 3.63. The highest BCUT2D eigenvalue weighted by molar-refractivity contribution is 6.30. The van der Waals surface area contributed by atoms with Crippen molar-refractivity contribution in [1.82, 2.24) is 10.2 Å². The number of urea groups is 1. The lowest BCUT2D eigenvalue weighted by Crippen LogP contribution is -2.37. The Labute approximate surface area is 128 Å². The van der Waals surface area contributed by atoms with Crippen LogP contribution in [0.15, 0.2) is 47.1 Å². The minimum atomic E-state index is -0.0379. The van der Waals surface area contributed by atoms with Crippen LogP contribution >= 0.6 is 11.6 Å². The first kappa shape index (κ1) is 14.0. The van der Waals surface area contributed by atoms with E-state index in [1.54, 1.807) is 6.26 Å². The van der Waals surface area contributed by atoms with Gasteiger partial charge in [0.2, 0.25) is 0 Å². The van der Waals surface area contributed by atoms with Gasteiger partial charge in [0.1, 0.15) is 5.76 Å². The molecule has 0 aliphatic carbocycles. The third-order valence-corrected chi connectivity index (χ3v) is 3.99. The number of carbonyl (C=O) groups excluding carboxylic acids is 1. The maximum atomic E-state index is 12.2. The number of halogens is 1. The smallest absolute Gasteiger partial charge is 0.317 e. The molecule has 1 saturated heterocycles. The summed E-state index contributed by atoms with van der Waals surface area (Å²) in [5.41, 5.74) is 0.998. The molecule has 0 bridgehead atoms. The van der Waals surface area contributed by atoms with Crippen LogP contribution in [0.4, 0.5) is 4.79 Å². The summed E-state index contributed by atoms with van der Waals surface area (Å²) in [6.07, 6.45) is 2.62. The Morgan fingerprint density at radius 2 is 2.29 bits per heavy atom. The first-order chi connectivity index (χ1) is 10.2. The number of furan rings is 1. The minimum absolute atomic E-state index is 0.0379. The third kappa shape index (κ3) is 3.39. The topological polar surface area (TPSA) is 45.5 Å². The largest absolute Gasteiger partial charge is 0.469 e. The van der Waals surface area contributed by atoms with Crippen molar-refractivity contribution in [3.63, 3.8) is 0 Å². The number of likely N-dealkylation sites (tertiary alicyclic amines) is 1. The molecule has 1 aliphatic rings. The van der Waals surface area contributed by atoms with E-state index in [0.717, 1.165) is 24.3 Å². The average Bonchev–Trinajstić information content (AvgIpc) is 3.15. The first-order valence-electron chi connectivity index (χ1n) is 7.03. The van der Waals surface area contributed by atoms with Gasteiger partial charge in [0.05, 0.1) is 6.26 Å². The van der Waals surface area contributed by atoms with Crippen molar-refractivity contribution >= 4 is 17.6 Å². The van der Waals surface area contributed by atoms with Gasteiger partial charge in [-0.1, -0.05) is 23.7 Å². The van der Waals surface area contributed by atoms with Gasteiger partial charge in [0.15, 0.2) is 0 Å². The molecule has 3 rings (SSSR count). The van der Waals surface area contributed by atoms with Gasteiger partial charge in [-0.15, -0.1) is 0 Å². The predicted molar refractivity (Wildman–Crippen MR) is 81.3 cm³/mol. The van der Waals surface area contributed by atoms with Crippen molar-refractivity contribution in [3.05, 3.63) is 59.0 Å². The van der Waals surface area contributed by atoms with Crippen molar-refractivity contribution in [2.75, 3.05) is 13.1 Å². The Bertz CT molecular complexity index is 612. The lowest BCUT2D eigenvalue weighted by Gasteiger charge is -2.17. The number of nitrogens with zero attached hydrogens (tertiary/aromatic N) is 1. The molecule has 21 heavy (non-hydrogen) atoms. The molecular formula is C16H17ClN2O2. The summed E-state index contributed by atoms with van der Waals surface area (Å²) in [5, 5.41) is 3.61. The Morgan fingerprint density at radius 1 is 1.38 bits per heavy atom. The van der Waals surface area contributed by atoms with Crippen molar-refractivity contribution < 1.29 is 9.21 Å². The number of benzene rings is 1. The van der Waals surface area contributed by atoms with E-state index in [1.165, 1.54) is 0 Å². The third-order valence-electron chi connectivity index (χ3n) is 3.75. The fraction of sp³-hybridized carbons (Fsp3) is 0.312. The van der Waals surface area contributed by atoms with Gasteiger partial charge >= 0.3 is 6.03 Å². The van der Waals surface area contributed by atoms with Crippen LogP contribution in [-0.4, -0.2) is 24.0 Å². The number of rotatable bonds is 3. The van der Waals surface area contributed by atoms with Crippen LogP contribution in [0, 0.1) is 0 Å². The second-order valence-corrected chi connectivity index (χ2v) is 5.67. The average molecular weight is 305 g/mol. The van der Waals surface area contributed by atoms with Crippen molar-refractivity contribution in [2.24, 2.45) is 0 Å². The number of amides is 2. The molecule has 0 saturated carbocycles. The summed E-state index contributed by atoms with van der Waals surface area (Å²) in [4.78, 5) is 14.0. The fourth-order valence-corrected chi connectivity index (χ4v) is 2.85. The van der Waals surface area contributed by atoms with Crippen LogP contribution in [0.25, 0.3) is 0 Å². The van der Waals surface area contributed by atoms with Crippen LogP contribution in [-0.2, 0) is 6.54 Å². The highest BCUT2D eigenvalue weighted by Gasteiger charge is 2.28. The van der Waals surface area contributed by atoms with E-state index in [2.05, 4.69) is 5.32 Å². The highest BCUT2D eigenvalue weighted by atomic mass is 35.5. The fourth-order valence-electron chi connectivity index (χ4n) is 2.64. The molecule has 1 aliphatic heterocycles. The van der Waals surface area contributed by atoms with Crippen molar-refractivity contribution in [2.45, 2.75) is 18.9 Å². The molecule has 1 aromatic carbocycles. The lowest BCUT2D eigenvalue weighted by atomic mass is 10.1. The molecule has 5 heteroatoms. The number of hydrogen-bond acceptors (Lipinski definition) is 2. The molecule has 2 amide bonds. The summed E-state index contributed by atoms with van der Waals surface area (Å²) in [6.45, 7) is 1.95. The van der Waals surface area contributed by atoms with Crippen LogP contribution in [0.5, 0.6) is 0 Å². The van der Waals surface area contributed by atoms with Crippen molar-refractivity contribution in [3.8, 4) is 0 Å². The maximum absolute atomic E-state index is 12.2. The molecule has 0 radical (unpaired) electrons. The van der Waals surface area contributed by atoms with Gasteiger partial charge in [-0.3, -0.25) is 0 Å². The summed E-state index contributed by atoms with van der Waals surface area (Å²) in [5.74, 6) is 1.26. The van der Waals surface area contributed by atoms with Gasteiger partial charge in [-0.25, -0.2) is 4.79 Å². The Morgan fingerprint density at radius 3 is 3.05 bits per heavy atom. The standard InChI is InChI=1S/C16H17ClN2O2/c17-14-4-1-3-12(9-14)10-18-16(20)19-7-6-13(11-19)15-5-2-8-21-15/h1-5,8-9,13H,6-7,10-11H2,(H,18,20). The molecule has 1 fully saturated rings. The van der Waals surface area contributed by atoms with E-state index >= 15 is 0 Å². The lowest BCUT2D eigenvalue weighted by molar-refractivity contribution is 0.207. The van der Waals surface area contributed by atoms with Gasteiger partial charge < -0.3 is 14.6 Å². The highest BCUT2D eigenvalue weighted by Crippen LogP contribution is 2.27. The zero-order chi connectivity index (χ0) is 14.7. The molecule has 1 atom stereocenters. The van der Waals surface area contributed by atoms with E-state index in [1.807, 2.05) is 41.3 Å². The molecule has 1 N–H and O–H groups in total. The molecule has 4 nitrogen and oxygen atoms in total. The molecule has 0 spiro atoms. The molecule has 110 valence electrons. The number of nitrogens with one attached hydrogen (secondary N) is 1. The van der Waals surface area contributed by atoms with Crippen molar-refractivity contribution in [1.29, 1.82) is 0 Å². The Hall–Kier alpha value is -1.94. The Balaban J connectivity index is 1.52. The van der Waals surface area contributed by atoms with E-state index in [0.29, 0.717) is 24.0 Å². The maximum Gasteiger partial charge on any atom is 0.317 e. The molecule has 1 aromatic heterocycles. The van der Waals surface area contributed by atoms with Crippen LogP contribution in [0.2, 0.25) is 5.02 Å². The number of hydrogen-bond donors (Lipinski definition) is 1. The second-order valence-electron chi connectivity index (χ2n) is 5.24. The molecule has 2 aromatic rings. The van der Waals surface area contributed by atoms with Gasteiger partial charge in [0, 0.05) is 30.6 Å². The molecule has 2 heterocycles. The monoisotopic (exact) mass is 304 g/mol. The van der Waals surface area contributed by atoms with Gasteiger partial charge in [0.25, 0.3) is 0 Å². The van der Waals surface area contributed by atoms with Crippen LogP contribution in [0.3, 0.4) is 0 Å². The Kier molecular flexibility index (Phi) is 4.15. The summed E-state index contributed by atoms with van der Waals surface area (Å²) in [7, 11) is 0. The van der Waals surface area contributed by atoms with E-state index < -0.39 is 0 Å². The summed E-state index contributed by atoms with van der Waals surface area (Å²) >= 11 is 5.93. The minimum Gasteiger partial charge on any atom is -0.469 e. The van der Waals surface area contributed by atoms with E-state index in [4.69, 9.17) is 16.0 Å². The van der Waals surface area contributed by atoms with E-state index in [9.17, 15) is 4.79 Å². The molecular weight excluding hydrogens is 288 g/mol. The summed E-state index contributed by atoms with van der Waals surface area (Å²) in [6, 6.07) is 11.3. The summed E-state index contributed by atoms with van der Waals surface area (Å²) < 4.78 is 5.41.